The van der Waals surface area contributed by atoms with E-state index in [-0.39, 0.29) is 11.8 Å². The maximum atomic E-state index is 11.6. The second-order valence-corrected chi connectivity index (χ2v) is 9.58. The zero-order valence-electron chi connectivity index (χ0n) is 15.5. The van der Waals surface area contributed by atoms with Crippen molar-refractivity contribution in [2.45, 2.75) is 25.4 Å². The summed E-state index contributed by atoms with van der Waals surface area (Å²) in [4.78, 5) is 6.68. The molecule has 7 heteroatoms. The van der Waals surface area contributed by atoms with Crippen LogP contribution >= 0.6 is 0 Å². The molecule has 0 bridgehead atoms. The van der Waals surface area contributed by atoms with Crippen molar-refractivity contribution in [2.75, 3.05) is 36.0 Å². The summed E-state index contributed by atoms with van der Waals surface area (Å²) in [5.41, 5.74) is 4.95. The van der Waals surface area contributed by atoms with Gasteiger partial charge in [0.05, 0.1) is 29.7 Å². The van der Waals surface area contributed by atoms with E-state index < -0.39 is 9.84 Å². The van der Waals surface area contributed by atoms with Gasteiger partial charge >= 0.3 is 0 Å². The molecule has 0 aliphatic carbocycles. The standard InChI is InChI=1S/C20H26N4O2S/c1-2-8-23-9-5-17-12-16(3-4-19(17)23)20-13-21-15-24(20)10-7-22-18-6-11-27(25,26)14-18/h2-4,12-13,15,18,22H,1,5-11,14H2. The third-order valence-corrected chi connectivity index (χ3v) is 7.21. The van der Waals surface area contributed by atoms with Gasteiger partial charge in [-0.15, -0.1) is 6.58 Å². The van der Waals surface area contributed by atoms with Crippen LogP contribution in [0.25, 0.3) is 11.3 Å². The Morgan fingerprint density at radius 3 is 3.04 bits per heavy atom. The lowest BCUT2D eigenvalue weighted by atomic mass is 10.1. The molecule has 144 valence electrons. The van der Waals surface area contributed by atoms with E-state index >= 15 is 0 Å². The minimum Gasteiger partial charge on any atom is -0.367 e. The van der Waals surface area contributed by atoms with E-state index in [1.54, 1.807) is 0 Å². The van der Waals surface area contributed by atoms with Crippen LogP contribution in [0.15, 0.2) is 43.4 Å². The fraction of sp³-hybridized carbons (Fsp3) is 0.450. The fourth-order valence-electron chi connectivity index (χ4n) is 4.06. The van der Waals surface area contributed by atoms with E-state index in [0.717, 1.165) is 38.3 Å². The van der Waals surface area contributed by atoms with E-state index in [1.807, 2.05) is 18.6 Å². The monoisotopic (exact) mass is 386 g/mol. The highest BCUT2D eigenvalue weighted by Crippen LogP contribution is 2.32. The summed E-state index contributed by atoms with van der Waals surface area (Å²) in [5.74, 6) is 0.564. The number of hydrogen-bond acceptors (Lipinski definition) is 5. The summed E-state index contributed by atoms with van der Waals surface area (Å²) in [6.45, 7) is 7.27. The summed E-state index contributed by atoms with van der Waals surface area (Å²) >= 11 is 0. The van der Waals surface area contributed by atoms with Crippen LogP contribution in [0.4, 0.5) is 5.69 Å². The second-order valence-electron chi connectivity index (χ2n) is 7.35. The molecular weight excluding hydrogens is 360 g/mol. The van der Waals surface area contributed by atoms with Gasteiger partial charge in [-0.3, -0.25) is 0 Å². The second kappa shape index (κ2) is 7.48. The normalized spacial score (nSPS) is 20.7. The Kier molecular flexibility index (Phi) is 5.06. The van der Waals surface area contributed by atoms with Gasteiger partial charge in [0.2, 0.25) is 0 Å². The summed E-state index contributed by atoms with van der Waals surface area (Å²) in [6.07, 6.45) is 7.46. The number of anilines is 1. The third kappa shape index (κ3) is 3.94. The Morgan fingerprint density at radius 1 is 1.37 bits per heavy atom. The molecule has 6 nitrogen and oxygen atoms in total. The molecule has 1 aromatic carbocycles. The molecule has 1 N–H and O–H groups in total. The molecule has 4 rings (SSSR count). The van der Waals surface area contributed by atoms with Crippen molar-refractivity contribution in [2.24, 2.45) is 0 Å². The minimum atomic E-state index is -2.84. The van der Waals surface area contributed by atoms with Crippen LogP contribution < -0.4 is 10.2 Å². The van der Waals surface area contributed by atoms with Crippen molar-refractivity contribution in [1.82, 2.24) is 14.9 Å². The Balaban J connectivity index is 1.42. The Hall–Kier alpha value is -2.12. The highest BCUT2D eigenvalue weighted by atomic mass is 32.2. The van der Waals surface area contributed by atoms with Crippen LogP contribution in [0.2, 0.25) is 0 Å². The molecule has 1 aromatic heterocycles. The molecule has 0 saturated carbocycles. The largest absolute Gasteiger partial charge is 0.367 e. The highest BCUT2D eigenvalue weighted by Gasteiger charge is 2.27. The van der Waals surface area contributed by atoms with Gasteiger partial charge in [0.1, 0.15) is 0 Å². The van der Waals surface area contributed by atoms with Gasteiger partial charge in [-0.25, -0.2) is 13.4 Å². The van der Waals surface area contributed by atoms with Crippen molar-refractivity contribution in [3.8, 4) is 11.3 Å². The molecule has 27 heavy (non-hydrogen) atoms. The average Bonchev–Trinajstić information content (AvgIpc) is 3.34. The van der Waals surface area contributed by atoms with E-state index in [4.69, 9.17) is 0 Å². The molecule has 0 radical (unpaired) electrons. The van der Waals surface area contributed by atoms with Crippen LogP contribution in [0.3, 0.4) is 0 Å². The predicted octanol–water partition coefficient (Wildman–Crippen LogP) is 1.88. The molecule has 2 aliphatic heterocycles. The van der Waals surface area contributed by atoms with Crippen molar-refractivity contribution >= 4 is 15.5 Å². The van der Waals surface area contributed by atoms with Crippen molar-refractivity contribution < 1.29 is 8.42 Å². The number of benzene rings is 1. The number of rotatable bonds is 7. The van der Waals surface area contributed by atoms with Crippen molar-refractivity contribution in [3.05, 3.63) is 48.9 Å². The number of fused-ring (bicyclic) bond motifs is 1. The minimum absolute atomic E-state index is 0.0813. The van der Waals surface area contributed by atoms with Crippen LogP contribution in [-0.2, 0) is 22.8 Å². The first-order valence-electron chi connectivity index (χ1n) is 9.49. The SMILES string of the molecule is C=CCN1CCc2cc(-c3cncn3CCNC3CCS(=O)(=O)C3)ccc21. The van der Waals surface area contributed by atoms with Gasteiger partial charge in [-0.2, -0.15) is 0 Å². The topological polar surface area (TPSA) is 67.2 Å². The average molecular weight is 387 g/mol. The van der Waals surface area contributed by atoms with Crippen LogP contribution in [0, 0.1) is 0 Å². The lowest BCUT2D eigenvalue weighted by molar-refractivity contribution is 0.521. The molecule has 0 spiro atoms. The molecule has 3 heterocycles. The molecular formula is C20H26N4O2S. The smallest absolute Gasteiger partial charge is 0.151 e. The van der Waals surface area contributed by atoms with Crippen LogP contribution in [-0.4, -0.2) is 55.2 Å². The number of hydrogen-bond donors (Lipinski definition) is 1. The molecule has 2 aromatic rings. The van der Waals surface area contributed by atoms with E-state index in [9.17, 15) is 8.42 Å². The summed E-state index contributed by atoms with van der Waals surface area (Å²) in [7, 11) is -2.84. The van der Waals surface area contributed by atoms with Gasteiger partial charge in [0.25, 0.3) is 0 Å². The van der Waals surface area contributed by atoms with Gasteiger partial charge in [0.15, 0.2) is 9.84 Å². The van der Waals surface area contributed by atoms with Gasteiger partial charge in [0, 0.05) is 43.5 Å². The Labute approximate surface area is 160 Å². The predicted molar refractivity (Wildman–Crippen MR) is 109 cm³/mol. The fourth-order valence-corrected chi connectivity index (χ4v) is 5.77. The number of nitrogens with one attached hydrogen (secondary N) is 1. The summed E-state index contributed by atoms with van der Waals surface area (Å²) in [6, 6.07) is 6.70. The zero-order valence-corrected chi connectivity index (χ0v) is 16.3. The lowest BCUT2D eigenvalue weighted by Crippen LogP contribution is -2.32. The zero-order chi connectivity index (χ0) is 18.9. The number of sulfone groups is 1. The van der Waals surface area contributed by atoms with Gasteiger partial charge < -0.3 is 14.8 Å². The van der Waals surface area contributed by atoms with E-state index in [2.05, 4.69) is 44.5 Å². The first-order valence-corrected chi connectivity index (χ1v) is 11.3. The van der Waals surface area contributed by atoms with Crippen molar-refractivity contribution in [3.63, 3.8) is 0 Å². The molecule has 0 amide bonds. The quantitative estimate of drug-likeness (QED) is 0.736. The van der Waals surface area contributed by atoms with Crippen molar-refractivity contribution in [1.29, 1.82) is 0 Å². The summed E-state index contributed by atoms with van der Waals surface area (Å²) in [5, 5.41) is 3.37. The van der Waals surface area contributed by atoms with Crippen LogP contribution in [0.1, 0.15) is 12.0 Å². The summed E-state index contributed by atoms with van der Waals surface area (Å²) < 4.78 is 25.3. The Bertz CT molecular complexity index is 935. The molecule has 1 atom stereocenters. The van der Waals surface area contributed by atoms with E-state index in [0.29, 0.717) is 12.2 Å². The van der Waals surface area contributed by atoms with Gasteiger partial charge in [-0.1, -0.05) is 12.1 Å². The highest BCUT2D eigenvalue weighted by molar-refractivity contribution is 7.91. The number of nitrogens with zero attached hydrogens (tertiary/aromatic N) is 3. The van der Waals surface area contributed by atoms with Crippen LogP contribution in [0.5, 0.6) is 0 Å². The number of imidazole rings is 1. The number of aromatic nitrogens is 2. The maximum absolute atomic E-state index is 11.6. The molecule has 2 aliphatic rings. The first kappa shape index (κ1) is 18.3. The maximum Gasteiger partial charge on any atom is 0.151 e. The molecule has 1 fully saturated rings. The van der Waals surface area contributed by atoms with E-state index in [1.165, 1.54) is 16.8 Å². The lowest BCUT2D eigenvalue weighted by Gasteiger charge is -2.17. The first-order chi connectivity index (χ1) is 13.1. The Morgan fingerprint density at radius 2 is 2.26 bits per heavy atom. The third-order valence-electron chi connectivity index (χ3n) is 5.45. The molecule has 1 saturated heterocycles. The van der Waals surface area contributed by atoms with Gasteiger partial charge in [-0.05, 0) is 30.5 Å². The molecule has 1 unspecified atom stereocenters.